The number of hydrogen-bond acceptors (Lipinski definition) is 2. The Balaban J connectivity index is 1.40. The van der Waals surface area contributed by atoms with Gasteiger partial charge in [-0.3, -0.25) is 0 Å². The number of para-hydroxylation sites is 3. The van der Waals surface area contributed by atoms with Gasteiger partial charge in [0.2, 0.25) is 0 Å². The lowest BCUT2D eigenvalue weighted by Crippen LogP contribution is -1.91. The Kier molecular flexibility index (Phi) is 4.36. The van der Waals surface area contributed by atoms with Crippen molar-refractivity contribution >= 4 is 65.4 Å². The molecule has 0 amide bonds. The quantitative estimate of drug-likeness (QED) is 0.216. The molecule has 9 rings (SSSR count). The lowest BCUT2D eigenvalue weighted by Gasteiger charge is -2.17. The summed E-state index contributed by atoms with van der Waals surface area (Å²) in [5, 5.41) is 9.39. The highest BCUT2D eigenvalue weighted by molar-refractivity contribution is 6.24. The van der Waals surface area contributed by atoms with Crippen LogP contribution in [0.4, 0.5) is 0 Å². The molecular weight excluding hydrogens is 488 g/mol. The van der Waals surface area contributed by atoms with E-state index >= 15 is 0 Å². The first-order valence-corrected chi connectivity index (χ1v) is 13.6. The molecule has 2 aromatic heterocycles. The van der Waals surface area contributed by atoms with Gasteiger partial charge < -0.3 is 8.83 Å². The molecule has 0 spiro atoms. The van der Waals surface area contributed by atoms with E-state index in [1.165, 1.54) is 32.7 Å². The van der Waals surface area contributed by atoms with Crippen LogP contribution in [0.15, 0.2) is 142 Å². The first-order valence-electron chi connectivity index (χ1n) is 13.6. The van der Waals surface area contributed by atoms with E-state index in [4.69, 9.17) is 8.83 Å². The first-order chi connectivity index (χ1) is 19.8. The van der Waals surface area contributed by atoms with Gasteiger partial charge in [-0.2, -0.15) is 0 Å². The molecule has 40 heavy (non-hydrogen) atoms. The molecule has 0 fully saturated rings. The van der Waals surface area contributed by atoms with E-state index in [1.807, 2.05) is 24.3 Å². The number of fused-ring (bicyclic) bond motifs is 8. The summed E-state index contributed by atoms with van der Waals surface area (Å²) in [5.41, 5.74) is 8.33. The molecule has 186 valence electrons. The molecule has 7 aromatic carbocycles. The molecule has 0 bridgehead atoms. The number of furan rings is 2. The molecule has 0 N–H and O–H groups in total. The van der Waals surface area contributed by atoms with Gasteiger partial charge in [0.05, 0.1) is 0 Å². The lowest BCUT2D eigenvalue weighted by molar-refractivity contribution is 0.669. The molecule has 0 unspecified atom stereocenters. The van der Waals surface area contributed by atoms with Crippen LogP contribution in [-0.4, -0.2) is 0 Å². The van der Waals surface area contributed by atoms with Crippen LogP contribution in [0.3, 0.4) is 0 Å². The minimum atomic E-state index is 0.906. The van der Waals surface area contributed by atoms with E-state index < -0.39 is 0 Å². The molecule has 0 saturated heterocycles. The van der Waals surface area contributed by atoms with Crippen LogP contribution in [0.2, 0.25) is 0 Å². The Bertz CT molecular complexity index is 2380. The van der Waals surface area contributed by atoms with Gasteiger partial charge in [0, 0.05) is 32.7 Å². The summed E-state index contributed by atoms with van der Waals surface area (Å²) in [7, 11) is 0. The molecule has 0 saturated carbocycles. The topological polar surface area (TPSA) is 26.3 Å². The van der Waals surface area contributed by atoms with Crippen LogP contribution in [-0.2, 0) is 0 Å². The fourth-order valence-corrected chi connectivity index (χ4v) is 6.56. The fraction of sp³-hybridized carbons (Fsp3) is 0. The molecule has 0 atom stereocenters. The van der Waals surface area contributed by atoms with Gasteiger partial charge in [0.15, 0.2) is 0 Å². The minimum Gasteiger partial charge on any atom is -0.456 e. The van der Waals surface area contributed by atoms with Crippen molar-refractivity contribution in [1.82, 2.24) is 0 Å². The second kappa shape index (κ2) is 8.08. The van der Waals surface area contributed by atoms with Crippen molar-refractivity contribution in [2.75, 3.05) is 0 Å². The third-order valence-electron chi connectivity index (χ3n) is 8.27. The monoisotopic (exact) mass is 510 g/mol. The normalized spacial score (nSPS) is 12.0. The average molecular weight is 511 g/mol. The molecular formula is C38H22O2. The first kappa shape index (κ1) is 21.6. The Morgan fingerprint density at radius 3 is 1.50 bits per heavy atom. The highest BCUT2D eigenvalue weighted by Gasteiger charge is 2.20. The van der Waals surface area contributed by atoms with E-state index in [-0.39, 0.29) is 0 Å². The summed E-state index contributed by atoms with van der Waals surface area (Å²) in [5.74, 6) is 0. The molecule has 2 nitrogen and oxygen atoms in total. The van der Waals surface area contributed by atoms with Crippen molar-refractivity contribution < 1.29 is 8.83 Å². The average Bonchev–Trinajstić information content (AvgIpc) is 3.58. The molecule has 0 aliphatic rings. The van der Waals surface area contributed by atoms with Crippen molar-refractivity contribution in [1.29, 1.82) is 0 Å². The SMILES string of the molecule is c1ccc2c(c1)oc1cc(-c3c4ccccc4c(-c4cccc5c4oc4ccccc45)c4ccccc34)ccc12. The summed E-state index contributed by atoms with van der Waals surface area (Å²) >= 11 is 0. The van der Waals surface area contributed by atoms with Crippen molar-refractivity contribution in [3.05, 3.63) is 133 Å². The Hall–Kier alpha value is -5.34. The standard InChI is InChI=1S/C38H22O2/c1-3-14-29-27(12-1)36(23-20-21-26-24-10-5-7-18-33(24)39-35(26)22-23)28-13-2-4-15-30(28)37(29)32-17-9-16-31-25-11-6-8-19-34(25)40-38(31)32/h1-22H. The fourth-order valence-electron chi connectivity index (χ4n) is 6.56. The summed E-state index contributed by atoms with van der Waals surface area (Å²) < 4.78 is 12.8. The maximum atomic E-state index is 6.52. The van der Waals surface area contributed by atoms with Crippen LogP contribution in [0.5, 0.6) is 0 Å². The van der Waals surface area contributed by atoms with Crippen molar-refractivity contribution in [3.8, 4) is 22.3 Å². The molecule has 0 aliphatic heterocycles. The number of hydrogen-bond donors (Lipinski definition) is 0. The van der Waals surface area contributed by atoms with E-state index in [9.17, 15) is 0 Å². The number of benzene rings is 7. The van der Waals surface area contributed by atoms with E-state index in [1.54, 1.807) is 0 Å². The van der Waals surface area contributed by atoms with Gasteiger partial charge in [-0.15, -0.1) is 0 Å². The van der Waals surface area contributed by atoms with E-state index in [2.05, 4.69) is 109 Å². The van der Waals surface area contributed by atoms with Gasteiger partial charge in [0.25, 0.3) is 0 Å². The van der Waals surface area contributed by atoms with Crippen molar-refractivity contribution in [3.63, 3.8) is 0 Å². The Morgan fingerprint density at radius 1 is 0.325 bits per heavy atom. The summed E-state index contributed by atoms with van der Waals surface area (Å²) in [6.45, 7) is 0. The zero-order chi connectivity index (χ0) is 26.2. The third-order valence-corrected chi connectivity index (χ3v) is 8.27. The summed E-state index contributed by atoms with van der Waals surface area (Å²) in [4.78, 5) is 0. The van der Waals surface area contributed by atoms with Gasteiger partial charge in [0.1, 0.15) is 22.3 Å². The van der Waals surface area contributed by atoms with Gasteiger partial charge in [-0.25, -0.2) is 0 Å². The second-order valence-electron chi connectivity index (χ2n) is 10.4. The van der Waals surface area contributed by atoms with Crippen LogP contribution < -0.4 is 0 Å². The molecule has 0 aliphatic carbocycles. The second-order valence-corrected chi connectivity index (χ2v) is 10.4. The molecule has 2 heterocycles. The van der Waals surface area contributed by atoms with Crippen molar-refractivity contribution in [2.24, 2.45) is 0 Å². The Morgan fingerprint density at radius 2 is 0.825 bits per heavy atom. The van der Waals surface area contributed by atoms with Gasteiger partial charge >= 0.3 is 0 Å². The predicted molar refractivity (Wildman–Crippen MR) is 167 cm³/mol. The third kappa shape index (κ3) is 2.93. The lowest BCUT2D eigenvalue weighted by atomic mass is 9.85. The zero-order valence-corrected chi connectivity index (χ0v) is 21.5. The van der Waals surface area contributed by atoms with Crippen LogP contribution in [0.25, 0.3) is 87.7 Å². The van der Waals surface area contributed by atoms with E-state index in [0.717, 1.165) is 55.0 Å². The van der Waals surface area contributed by atoms with Crippen LogP contribution >= 0.6 is 0 Å². The summed E-state index contributed by atoms with van der Waals surface area (Å²) in [6, 6.07) is 47.1. The van der Waals surface area contributed by atoms with Gasteiger partial charge in [-0.1, -0.05) is 109 Å². The van der Waals surface area contributed by atoms with Crippen molar-refractivity contribution in [2.45, 2.75) is 0 Å². The highest BCUT2D eigenvalue weighted by Crippen LogP contribution is 2.47. The zero-order valence-electron chi connectivity index (χ0n) is 21.5. The number of rotatable bonds is 2. The van der Waals surface area contributed by atoms with Crippen LogP contribution in [0.1, 0.15) is 0 Å². The Labute approximate surface area is 229 Å². The minimum absolute atomic E-state index is 0.906. The summed E-state index contributed by atoms with van der Waals surface area (Å²) in [6.07, 6.45) is 0. The maximum Gasteiger partial charge on any atom is 0.143 e. The predicted octanol–water partition coefficient (Wildman–Crippen LogP) is 11.1. The molecule has 9 aromatic rings. The van der Waals surface area contributed by atoms with Gasteiger partial charge in [-0.05, 0) is 56.9 Å². The van der Waals surface area contributed by atoms with Crippen LogP contribution in [0, 0.1) is 0 Å². The van der Waals surface area contributed by atoms with E-state index in [0.29, 0.717) is 0 Å². The highest BCUT2D eigenvalue weighted by atomic mass is 16.3. The smallest absolute Gasteiger partial charge is 0.143 e. The molecule has 2 heteroatoms. The molecule has 0 radical (unpaired) electrons. The largest absolute Gasteiger partial charge is 0.456 e. The maximum absolute atomic E-state index is 6.52.